The van der Waals surface area contributed by atoms with Gasteiger partial charge in [-0.2, -0.15) is 0 Å². The van der Waals surface area contributed by atoms with Crippen LogP contribution in [-0.2, 0) is 10.3 Å². The molecular formula is C16H15F2NO2. The summed E-state index contributed by atoms with van der Waals surface area (Å²) < 4.78 is 27.9. The fourth-order valence-corrected chi connectivity index (χ4v) is 2.12. The van der Waals surface area contributed by atoms with Crippen LogP contribution in [0.15, 0.2) is 42.5 Å². The summed E-state index contributed by atoms with van der Waals surface area (Å²) in [6.45, 7) is 3.12. The summed E-state index contributed by atoms with van der Waals surface area (Å²) in [5.41, 5.74) is -0.967. The van der Waals surface area contributed by atoms with Gasteiger partial charge in [0.25, 0.3) is 0 Å². The molecule has 0 amide bonds. The average Bonchev–Trinajstić information content (AvgIpc) is 2.41. The molecule has 21 heavy (non-hydrogen) atoms. The van der Waals surface area contributed by atoms with Gasteiger partial charge in [0.1, 0.15) is 11.6 Å². The Hall–Kier alpha value is -2.43. The van der Waals surface area contributed by atoms with E-state index in [1.807, 2.05) is 6.92 Å². The number of benzene rings is 2. The van der Waals surface area contributed by atoms with Crippen molar-refractivity contribution < 1.29 is 18.7 Å². The van der Waals surface area contributed by atoms with Crippen molar-refractivity contribution in [3.63, 3.8) is 0 Å². The third-order valence-corrected chi connectivity index (χ3v) is 3.34. The molecule has 0 saturated carbocycles. The molecule has 0 heterocycles. The highest BCUT2D eigenvalue weighted by molar-refractivity contribution is 5.84. The predicted molar refractivity (Wildman–Crippen MR) is 76.1 cm³/mol. The average molecular weight is 291 g/mol. The lowest BCUT2D eigenvalue weighted by molar-refractivity contribution is -0.142. The number of hydrogen-bond donors (Lipinski definition) is 2. The Balaban J connectivity index is 2.51. The van der Waals surface area contributed by atoms with Gasteiger partial charge in [-0.05, 0) is 38.1 Å². The molecular weight excluding hydrogens is 276 g/mol. The van der Waals surface area contributed by atoms with E-state index in [2.05, 4.69) is 5.32 Å². The van der Waals surface area contributed by atoms with Crippen LogP contribution in [0, 0.1) is 18.6 Å². The molecule has 2 aromatic rings. The number of carboxylic acids is 1. The summed E-state index contributed by atoms with van der Waals surface area (Å²) in [7, 11) is 0. The Morgan fingerprint density at radius 3 is 2.10 bits per heavy atom. The number of carboxylic acid groups (broad SMARTS) is 1. The molecule has 0 aliphatic carbocycles. The van der Waals surface area contributed by atoms with Gasteiger partial charge in [-0.25, -0.2) is 13.6 Å². The van der Waals surface area contributed by atoms with Gasteiger partial charge < -0.3 is 10.4 Å². The normalized spacial score (nSPS) is 13.5. The molecule has 2 N–H and O–H groups in total. The monoisotopic (exact) mass is 291 g/mol. The Morgan fingerprint density at radius 1 is 1.10 bits per heavy atom. The fourth-order valence-electron chi connectivity index (χ4n) is 2.12. The SMILES string of the molecule is Cc1ccc(NC(C)(C(=O)O)c2c(F)cccc2F)cc1. The van der Waals surface area contributed by atoms with Crippen LogP contribution < -0.4 is 5.32 Å². The van der Waals surface area contributed by atoms with Crippen molar-refractivity contribution in [3.05, 3.63) is 65.2 Å². The van der Waals surface area contributed by atoms with E-state index in [9.17, 15) is 18.7 Å². The van der Waals surface area contributed by atoms with E-state index in [-0.39, 0.29) is 0 Å². The molecule has 0 saturated heterocycles. The number of anilines is 1. The molecule has 3 nitrogen and oxygen atoms in total. The van der Waals surface area contributed by atoms with Crippen LogP contribution in [0.25, 0.3) is 0 Å². The first kappa shape index (κ1) is 15.0. The minimum atomic E-state index is -1.91. The van der Waals surface area contributed by atoms with E-state index in [1.165, 1.54) is 13.0 Å². The van der Waals surface area contributed by atoms with Crippen LogP contribution in [0.2, 0.25) is 0 Å². The number of rotatable bonds is 4. The molecule has 1 unspecified atom stereocenters. The van der Waals surface area contributed by atoms with Crippen LogP contribution in [0.1, 0.15) is 18.1 Å². The first-order valence-electron chi connectivity index (χ1n) is 6.37. The fraction of sp³-hybridized carbons (Fsp3) is 0.188. The Bertz CT molecular complexity index is 650. The van der Waals surface area contributed by atoms with Crippen molar-refractivity contribution in [1.82, 2.24) is 0 Å². The van der Waals surface area contributed by atoms with E-state index >= 15 is 0 Å². The molecule has 0 bridgehead atoms. The van der Waals surface area contributed by atoms with E-state index < -0.39 is 28.7 Å². The molecule has 0 spiro atoms. The zero-order valence-corrected chi connectivity index (χ0v) is 11.7. The Labute approximate surface area is 121 Å². The van der Waals surface area contributed by atoms with Crippen LogP contribution >= 0.6 is 0 Å². The summed E-state index contributed by atoms with van der Waals surface area (Å²) in [6, 6.07) is 10.2. The highest BCUT2D eigenvalue weighted by Crippen LogP contribution is 2.30. The minimum Gasteiger partial charge on any atom is -0.479 e. The van der Waals surface area contributed by atoms with Gasteiger partial charge in [0.15, 0.2) is 5.54 Å². The van der Waals surface area contributed by atoms with Crippen LogP contribution in [0.4, 0.5) is 14.5 Å². The van der Waals surface area contributed by atoms with Crippen LogP contribution in [-0.4, -0.2) is 11.1 Å². The number of nitrogens with one attached hydrogen (secondary N) is 1. The Morgan fingerprint density at radius 2 is 1.62 bits per heavy atom. The molecule has 5 heteroatoms. The minimum absolute atomic E-state index is 0.466. The quantitative estimate of drug-likeness (QED) is 0.903. The smallest absolute Gasteiger partial charge is 0.333 e. The first-order valence-corrected chi connectivity index (χ1v) is 6.37. The van der Waals surface area contributed by atoms with Crippen LogP contribution in [0.3, 0.4) is 0 Å². The van der Waals surface area contributed by atoms with Gasteiger partial charge >= 0.3 is 5.97 Å². The number of aryl methyl sites for hydroxylation is 1. The van der Waals surface area contributed by atoms with E-state index in [0.717, 1.165) is 17.7 Å². The summed E-state index contributed by atoms with van der Waals surface area (Å²) in [6.07, 6.45) is 0. The van der Waals surface area contributed by atoms with Crippen molar-refractivity contribution in [2.75, 3.05) is 5.32 Å². The number of hydrogen-bond acceptors (Lipinski definition) is 2. The van der Waals surface area contributed by atoms with Crippen LogP contribution in [0.5, 0.6) is 0 Å². The van der Waals surface area contributed by atoms with E-state index in [0.29, 0.717) is 5.69 Å². The van der Waals surface area contributed by atoms with Crippen molar-refractivity contribution in [1.29, 1.82) is 0 Å². The maximum absolute atomic E-state index is 13.9. The maximum Gasteiger partial charge on any atom is 0.333 e. The summed E-state index contributed by atoms with van der Waals surface area (Å²) >= 11 is 0. The Kier molecular flexibility index (Phi) is 3.93. The van der Waals surface area contributed by atoms with Gasteiger partial charge in [-0.1, -0.05) is 23.8 Å². The lowest BCUT2D eigenvalue weighted by Crippen LogP contribution is -2.42. The largest absolute Gasteiger partial charge is 0.479 e. The third kappa shape index (κ3) is 2.86. The van der Waals surface area contributed by atoms with Gasteiger partial charge in [0.05, 0.1) is 5.56 Å². The zero-order chi connectivity index (χ0) is 15.6. The molecule has 2 rings (SSSR count). The number of carbonyl (C=O) groups is 1. The standard InChI is InChI=1S/C16H15F2NO2/c1-10-6-8-11(9-7-10)19-16(2,15(20)21)14-12(17)4-3-5-13(14)18/h3-9,19H,1-2H3,(H,20,21). The van der Waals surface area contributed by atoms with E-state index in [4.69, 9.17) is 0 Å². The van der Waals surface area contributed by atoms with Gasteiger partial charge in [0, 0.05) is 5.69 Å². The van der Waals surface area contributed by atoms with E-state index in [1.54, 1.807) is 24.3 Å². The summed E-state index contributed by atoms with van der Waals surface area (Å²) in [5.74, 6) is -3.17. The second-order valence-electron chi connectivity index (χ2n) is 5.02. The predicted octanol–water partition coefficient (Wildman–Crippen LogP) is 3.69. The summed E-state index contributed by atoms with van der Waals surface area (Å²) in [5, 5.41) is 12.2. The number of halogens is 2. The topological polar surface area (TPSA) is 49.3 Å². The summed E-state index contributed by atoms with van der Waals surface area (Å²) in [4.78, 5) is 11.6. The number of aliphatic carboxylic acids is 1. The molecule has 110 valence electrons. The van der Waals surface area contributed by atoms with Gasteiger partial charge in [-0.3, -0.25) is 0 Å². The highest BCUT2D eigenvalue weighted by atomic mass is 19.1. The lowest BCUT2D eigenvalue weighted by atomic mass is 9.90. The van der Waals surface area contributed by atoms with Gasteiger partial charge in [0.2, 0.25) is 0 Å². The highest BCUT2D eigenvalue weighted by Gasteiger charge is 2.40. The second kappa shape index (κ2) is 5.52. The molecule has 2 aromatic carbocycles. The first-order chi connectivity index (χ1) is 9.84. The van der Waals surface area contributed by atoms with Crippen molar-refractivity contribution >= 4 is 11.7 Å². The zero-order valence-electron chi connectivity index (χ0n) is 11.7. The molecule has 0 aromatic heterocycles. The van der Waals surface area contributed by atoms with Crippen molar-refractivity contribution in [2.24, 2.45) is 0 Å². The molecule has 1 atom stereocenters. The maximum atomic E-state index is 13.9. The molecule has 0 aliphatic rings. The molecule has 0 radical (unpaired) electrons. The molecule has 0 aliphatic heterocycles. The van der Waals surface area contributed by atoms with Gasteiger partial charge in [-0.15, -0.1) is 0 Å². The second-order valence-corrected chi connectivity index (χ2v) is 5.02. The lowest BCUT2D eigenvalue weighted by Gasteiger charge is -2.28. The molecule has 0 fully saturated rings. The van der Waals surface area contributed by atoms with Crippen molar-refractivity contribution in [3.8, 4) is 0 Å². The van der Waals surface area contributed by atoms with Crippen molar-refractivity contribution in [2.45, 2.75) is 19.4 Å². The third-order valence-electron chi connectivity index (χ3n) is 3.34.